The van der Waals surface area contributed by atoms with Gasteiger partial charge in [-0.3, -0.25) is 9.13 Å². The summed E-state index contributed by atoms with van der Waals surface area (Å²) in [6, 6.07) is 0. The second-order valence-corrected chi connectivity index (χ2v) is 0. The Morgan fingerprint density at radius 2 is 0.714 bits per heavy atom. The van der Waals surface area contributed by atoms with E-state index >= 15 is 0 Å². The van der Waals surface area contributed by atoms with E-state index < -0.39 is 0 Å². The van der Waals surface area contributed by atoms with E-state index in [0.29, 0.717) is 0 Å². The molecule has 0 saturated carbocycles. The van der Waals surface area contributed by atoms with E-state index in [1.807, 2.05) is 0 Å². The van der Waals surface area contributed by atoms with Crippen LogP contribution in [0.3, 0.4) is 0 Å². The van der Waals surface area contributed by atoms with Crippen molar-refractivity contribution in [1.82, 2.24) is 0 Å². The molecule has 0 aromatic heterocycles. The molecule has 7 heavy (non-hydrogen) atoms. The Balaban J connectivity index is -0.00000000267. The van der Waals surface area contributed by atoms with Crippen molar-refractivity contribution in [2.45, 2.75) is 0 Å². The minimum absolute atomic E-state index is 0. The average Bonchev–Trinajstić information content (AvgIpc) is 1.50. The Bertz CT molecular complexity index is 15.7. The van der Waals surface area contributed by atoms with Crippen LogP contribution in [-0.4, -0.2) is 0 Å². The second kappa shape index (κ2) is 123. The summed E-state index contributed by atoms with van der Waals surface area (Å²) in [4.78, 5) is 0. The zero-order chi connectivity index (χ0) is 4.00. The summed E-state index contributed by atoms with van der Waals surface area (Å²) in [5.41, 5.74) is 0. The van der Waals surface area contributed by atoms with Gasteiger partial charge in [-0.05, 0) is 0 Å². The van der Waals surface area contributed by atoms with Crippen LogP contribution >= 0.6 is 18.2 Å². The molecule has 2 nitrogen and oxygen atoms in total. The third-order valence-electron chi connectivity index (χ3n) is 0. The molecule has 0 unspecified atom stereocenters. The van der Waals surface area contributed by atoms with Crippen molar-refractivity contribution in [3.8, 4) is 0 Å². The molecule has 0 aliphatic rings. The van der Waals surface area contributed by atoms with Gasteiger partial charge < -0.3 is 24.8 Å². The van der Waals surface area contributed by atoms with Crippen molar-refractivity contribution in [2.75, 3.05) is 0 Å². The van der Waals surface area contributed by atoms with Gasteiger partial charge in [0.2, 0.25) is 0 Å². The van der Waals surface area contributed by atoms with E-state index in [0.717, 1.165) is 0 Å². The van der Waals surface area contributed by atoms with Gasteiger partial charge in [-0.15, -0.1) is 0 Å². The molecule has 0 spiro atoms. The summed E-state index contributed by atoms with van der Waals surface area (Å²) in [6.45, 7) is 0. The normalized spacial score (nSPS) is 1.14. The molecule has 0 aromatic carbocycles. The van der Waals surface area contributed by atoms with Crippen LogP contribution in [0, 0.1) is 0 Å². The molecule has 42 valence electrons. The monoisotopic (exact) mass is 256 g/mol. The molecule has 0 amide bonds. The Kier molecular flexibility index (Phi) is 666. The topological polar surface area (TPSA) is 34.1 Å². The van der Waals surface area contributed by atoms with Crippen molar-refractivity contribution in [3.63, 3.8) is 0 Å². The second-order valence-electron chi connectivity index (χ2n) is 0. The van der Waals surface area contributed by atoms with E-state index in [1.54, 1.807) is 18.2 Å². The summed E-state index contributed by atoms with van der Waals surface area (Å²) in [6.07, 6.45) is 0. The van der Waals surface area contributed by atoms with Crippen molar-refractivity contribution < 1.29 is 60.1 Å². The van der Waals surface area contributed by atoms with Crippen LogP contribution in [0.25, 0.3) is 0 Å². The molecule has 0 heterocycles. The standard InChI is InChI=1S/2ClH.2HOP.Zr/c;;2*1-2;/h2*1H;2*2H;/q;;;;+2/p-2. The fraction of sp³-hybridized carbons (Fsp3) is 0. The molecular weight excluding hydrogens is 256 g/mol. The summed E-state index contributed by atoms with van der Waals surface area (Å²) < 4.78 is 16.1. The number of hydrogen-bond donors (Lipinski definition) is 0. The SMILES string of the molecule is O=P.O=P.[Cl-].[Cl-].[Zr+2]. The van der Waals surface area contributed by atoms with E-state index in [9.17, 15) is 0 Å². The van der Waals surface area contributed by atoms with Gasteiger partial charge in [-0.2, -0.15) is 0 Å². The van der Waals surface area contributed by atoms with E-state index in [1.165, 1.54) is 0 Å². The van der Waals surface area contributed by atoms with Crippen LogP contribution in [0.15, 0.2) is 0 Å². The van der Waals surface area contributed by atoms with Gasteiger partial charge in [0.05, 0.1) is 0 Å². The third kappa shape index (κ3) is 88.9. The predicted octanol–water partition coefficient (Wildman–Crippen LogP) is -5.05. The molecule has 0 saturated heterocycles. The maximum atomic E-state index is 8.06. The van der Waals surface area contributed by atoms with Gasteiger partial charge in [0.1, 0.15) is 18.2 Å². The van der Waals surface area contributed by atoms with Gasteiger partial charge in [-0.1, -0.05) is 0 Å². The molecule has 0 aliphatic carbocycles. The van der Waals surface area contributed by atoms with Gasteiger partial charge in [0.15, 0.2) is 0 Å². The van der Waals surface area contributed by atoms with Crippen molar-refractivity contribution >= 4 is 18.2 Å². The van der Waals surface area contributed by atoms with Gasteiger partial charge in [-0.25, -0.2) is 0 Å². The van der Waals surface area contributed by atoms with Crippen LogP contribution in [0.2, 0.25) is 0 Å². The summed E-state index contributed by atoms with van der Waals surface area (Å²) in [7, 11) is 3.44. The Morgan fingerprint density at radius 1 is 0.714 bits per heavy atom. The number of halogens is 2. The zero-order valence-electron chi connectivity index (χ0n) is 3.07. The maximum absolute atomic E-state index is 8.06. The van der Waals surface area contributed by atoms with Crippen molar-refractivity contribution in [2.24, 2.45) is 0 Å². The molecule has 0 fully saturated rings. The van der Waals surface area contributed by atoms with Crippen LogP contribution in [0.1, 0.15) is 0 Å². The molecule has 0 rings (SSSR count). The number of rotatable bonds is 0. The first-order valence-corrected chi connectivity index (χ1v) is 1.22. The van der Waals surface area contributed by atoms with Gasteiger partial charge >= 0.3 is 26.2 Å². The molecule has 0 aromatic rings. The Labute approximate surface area is 78.0 Å². The molecule has 0 radical (unpaired) electrons. The molecule has 0 N–H and O–H groups in total. The van der Waals surface area contributed by atoms with Crippen LogP contribution in [0.4, 0.5) is 0 Å². The van der Waals surface area contributed by atoms with Gasteiger partial charge in [0, 0.05) is 0 Å². The van der Waals surface area contributed by atoms with Crippen LogP contribution in [0.5, 0.6) is 0 Å². The summed E-state index contributed by atoms with van der Waals surface area (Å²) in [5.74, 6) is 0. The van der Waals surface area contributed by atoms with E-state index in [-0.39, 0.29) is 51.0 Å². The first-order valence-electron chi connectivity index (χ1n) is 0.408. The minimum Gasteiger partial charge on any atom is -1.00 e. The maximum Gasteiger partial charge on any atom is 2.00 e. The Morgan fingerprint density at radius 3 is 0.714 bits per heavy atom. The zero-order valence-corrected chi connectivity index (χ0v) is 9.04. The van der Waals surface area contributed by atoms with Crippen molar-refractivity contribution in [1.29, 1.82) is 0 Å². The quantitative estimate of drug-likeness (QED) is 0.408. The molecule has 0 atom stereocenters. The molecule has 0 aliphatic heterocycles. The fourth-order valence-electron chi connectivity index (χ4n) is 0. The predicted molar refractivity (Wildman–Crippen MR) is 18.0 cm³/mol. The fourth-order valence-corrected chi connectivity index (χ4v) is 0. The van der Waals surface area contributed by atoms with Crippen molar-refractivity contribution in [3.05, 3.63) is 0 Å². The molecule has 0 bridgehead atoms. The first-order chi connectivity index (χ1) is 2.00. The van der Waals surface area contributed by atoms with E-state index in [4.69, 9.17) is 9.13 Å². The minimum atomic E-state index is 0. The Hall–Kier alpha value is 1.66. The van der Waals surface area contributed by atoms with Crippen LogP contribution in [-0.2, 0) is 35.3 Å². The third-order valence-corrected chi connectivity index (χ3v) is 0. The number of hydrogen-bond acceptors (Lipinski definition) is 2. The van der Waals surface area contributed by atoms with Gasteiger partial charge in [0.25, 0.3) is 0 Å². The van der Waals surface area contributed by atoms with E-state index in [2.05, 4.69) is 0 Å². The average molecular weight is 258 g/mol. The molecular formula is H2Cl2O2P2Zr. The summed E-state index contributed by atoms with van der Waals surface area (Å²) >= 11 is 0. The largest absolute Gasteiger partial charge is 2.00 e. The van der Waals surface area contributed by atoms with Crippen LogP contribution < -0.4 is 24.8 Å². The summed E-state index contributed by atoms with van der Waals surface area (Å²) in [5, 5.41) is 0. The smallest absolute Gasteiger partial charge is 1.00 e. The molecule has 7 heteroatoms. The first kappa shape index (κ1) is 37.9.